The normalized spacial score (nSPS) is 18.0. The minimum absolute atomic E-state index is 0.00230. The summed E-state index contributed by atoms with van der Waals surface area (Å²) in [5, 5.41) is 2.58. The Bertz CT molecular complexity index is 931. The number of carbonyl (C=O) groups is 1. The van der Waals surface area contributed by atoms with Crippen LogP contribution in [0.1, 0.15) is 29.3 Å². The van der Waals surface area contributed by atoms with Gasteiger partial charge in [0.2, 0.25) is 5.95 Å². The third-order valence-corrected chi connectivity index (χ3v) is 8.03. The molecule has 28 heavy (non-hydrogen) atoms. The van der Waals surface area contributed by atoms with Crippen molar-refractivity contribution in [2.75, 3.05) is 32.5 Å². The number of rotatable bonds is 6. The van der Waals surface area contributed by atoms with Crippen molar-refractivity contribution < 1.29 is 17.9 Å². The highest BCUT2D eigenvalue weighted by molar-refractivity contribution is 7.91. The standard InChI is InChI=1S/C17H23N5O4S2/c1-26-17(23)20-8-6-13-4-5-15(27-13)28(24,25)22-10-2-3-12(11-22)14-7-9-19-16(18)21-14/h4-5,7,9,12H,2-3,6,8,10-11H2,1H3,(H,20,23)(H2,18,19,21). The number of nitrogens with one attached hydrogen (secondary N) is 1. The van der Waals surface area contributed by atoms with E-state index in [2.05, 4.69) is 20.0 Å². The number of methoxy groups -OCH3 is 1. The van der Waals surface area contributed by atoms with Crippen molar-refractivity contribution in [2.24, 2.45) is 0 Å². The molecule has 1 aliphatic heterocycles. The van der Waals surface area contributed by atoms with Crippen molar-refractivity contribution >= 4 is 33.4 Å². The van der Waals surface area contributed by atoms with Crippen LogP contribution >= 0.6 is 11.3 Å². The van der Waals surface area contributed by atoms with Gasteiger partial charge >= 0.3 is 6.09 Å². The molecule has 0 spiro atoms. The first-order valence-electron chi connectivity index (χ1n) is 8.89. The van der Waals surface area contributed by atoms with E-state index in [0.29, 0.717) is 30.3 Å². The molecule has 1 amide bonds. The molecule has 0 radical (unpaired) electrons. The lowest BCUT2D eigenvalue weighted by molar-refractivity contribution is 0.171. The molecule has 3 N–H and O–H groups in total. The van der Waals surface area contributed by atoms with Gasteiger partial charge in [0.05, 0.1) is 12.8 Å². The van der Waals surface area contributed by atoms with Crippen molar-refractivity contribution in [1.29, 1.82) is 0 Å². The topological polar surface area (TPSA) is 128 Å². The predicted octanol–water partition coefficient (Wildman–Crippen LogP) is 1.59. The number of thiophene rings is 1. The van der Waals surface area contributed by atoms with Gasteiger partial charge in [-0.15, -0.1) is 11.3 Å². The van der Waals surface area contributed by atoms with Crippen molar-refractivity contribution in [3.8, 4) is 0 Å². The molecule has 1 aliphatic rings. The smallest absolute Gasteiger partial charge is 0.406 e. The zero-order chi connectivity index (χ0) is 20.1. The molecular formula is C17H23N5O4S2. The predicted molar refractivity (Wildman–Crippen MR) is 106 cm³/mol. The van der Waals surface area contributed by atoms with Gasteiger partial charge in [-0.3, -0.25) is 0 Å². The molecule has 0 bridgehead atoms. The number of hydrogen-bond acceptors (Lipinski definition) is 8. The number of carbonyl (C=O) groups excluding carboxylic acids is 1. The Morgan fingerprint density at radius 1 is 1.43 bits per heavy atom. The van der Waals surface area contributed by atoms with Crippen LogP contribution in [0.5, 0.6) is 0 Å². The first-order valence-corrected chi connectivity index (χ1v) is 11.1. The second-order valence-corrected chi connectivity index (χ2v) is 9.76. The summed E-state index contributed by atoms with van der Waals surface area (Å²) in [4.78, 5) is 20.1. The number of ether oxygens (including phenoxy) is 1. The Hall–Kier alpha value is -2.24. The highest BCUT2D eigenvalue weighted by Gasteiger charge is 2.32. The average molecular weight is 426 g/mol. The molecule has 0 aliphatic carbocycles. The highest BCUT2D eigenvalue weighted by Crippen LogP contribution is 2.32. The SMILES string of the molecule is COC(=O)NCCc1ccc(S(=O)(=O)N2CCCC(c3ccnc(N)n3)C2)s1. The summed E-state index contributed by atoms with van der Waals surface area (Å²) in [5.74, 6) is 0.193. The third kappa shape index (κ3) is 4.78. The molecule has 3 heterocycles. The van der Waals surface area contributed by atoms with Crippen molar-refractivity contribution in [3.63, 3.8) is 0 Å². The van der Waals surface area contributed by atoms with Gasteiger partial charge in [-0.2, -0.15) is 4.31 Å². The van der Waals surface area contributed by atoms with Crippen LogP contribution < -0.4 is 11.1 Å². The Labute approximate surface area is 168 Å². The number of nitrogens with zero attached hydrogens (tertiary/aromatic N) is 3. The minimum Gasteiger partial charge on any atom is -0.453 e. The van der Waals surface area contributed by atoms with Crippen LogP contribution in [0.4, 0.5) is 10.7 Å². The summed E-state index contributed by atoms with van der Waals surface area (Å²) in [7, 11) is -2.27. The van der Waals surface area contributed by atoms with Crippen LogP contribution in [-0.2, 0) is 21.2 Å². The quantitative estimate of drug-likeness (QED) is 0.719. The fraction of sp³-hybridized carbons (Fsp3) is 0.471. The van der Waals surface area contributed by atoms with E-state index < -0.39 is 16.1 Å². The Morgan fingerprint density at radius 2 is 2.25 bits per heavy atom. The minimum atomic E-state index is -3.57. The van der Waals surface area contributed by atoms with Crippen molar-refractivity contribution in [2.45, 2.75) is 29.4 Å². The summed E-state index contributed by atoms with van der Waals surface area (Å²) in [6, 6.07) is 5.19. The second-order valence-electron chi connectivity index (χ2n) is 6.43. The second kappa shape index (κ2) is 8.84. The molecule has 9 nitrogen and oxygen atoms in total. The maximum atomic E-state index is 13.1. The molecule has 11 heteroatoms. The van der Waals surface area contributed by atoms with E-state index in [1.54, 1.807) is 24.4 Å². The molecule has 2 aromatic rings. The monoisotopic (exact) mass is 425 g/mol. The fourth-order valence-corrected chi connectivity index (χ4v) is 6.17. The number of sulfonamides is 1. The summed E-state index contributed by atoms with van der Waals surface area (Å²) in [6.45, 7) is 1.24. The zero-order valence-corrected chi connectivity index (χ0v) is 17.1. The lowest BCUT2D eigenvalue weighted by Gasteiger charge is -2.31. The number of piperidine rings is 1. The van der Waals surface area contributed by atoms with Crippen LogP contribution in [0.25, 0.3) is 0 Å². The zero-order valence-electron chi connectivity index (χ0n) is 15.5. The van der Waals surface area contributed by atoms with Crippen molar-refractivity contribution in [1.82, 2.24) is 19.6 Å². The molecule has 3 rings (SSSR count). The van der Waals surface area contributed by atoms with Gasteiger partial charge in [0.1, 0.15) is 4.21 Å². The number of alkyl carbamates (subject to hydrolysis) is 1. The van der Waals surface area contributed by atoms with Gasteiger partial charge in [0.25, 0.3) is 10.0 Å². The van der Waals surface area contributed by atoms with E-state index in [1.165, 1.54) is 22.8 Å². The molecule has 1 fully saturated rings. The molecule has 0 aromatic carbocycles. The molecule has 1 unspecified atom stereocenters. The summed E-state index contributed by atoms with van der Waals surface area (Å²) >= 11 is 1.22. The van der Waals surface area contributed by atoms with E-state index in [-0.39, 0.29) is 11.9 Å². The van der Waals surface area contributed by atoms with Crippen LogP contribution in [-0.4, -0.2) is 55.5 Å². The molecule has 0 saturated carbocycles. The molecule has 152 valence electrons. The number of aromatic nitrogens is 2. The van der Waals surface area contributed by atoms with Crippen LogP contribution in [0, 0.1) is 0 Å². The molecule has 2 aromatic heterocycles. The highest BCUT2D eigenvalue weighted by atomic mass is 32.2. The number of nitrogens with two attached hydrogens (primary N) is 1. The first-order chi connectivity index (χ1) is 13.4. The maximum Gasteiger partial charge on any atom is 0.406 e. The van der Waals surface area contributed by atoms with E-state index in [1.807, 2.05) is 0 Å². The Balaban J connectivity index is 1.67. The van der Waals surface area contributed by atoms with Gasteiger partial charge in [-0.05, 0) is 37.5 Å². The number of anilines is 1. The van der Waals surface area contributed by atoms with Gasteiger partial charge < -0.3 is 15.8 Å². The lowest BCUT2D eigenvalue weighted by Crippen LogP contribution is -2.39. The van der Waals surface area contributed by atoms with Gasteiger partial charge in [0.15, 0.2) is 0 Å². The Kier molecular flexibility index (Phi) is 6.47. The van der Waals surface area contributed by atoms with Crippen molar-refractivity contribution in [3.05, 3.63) is 35.0 Å². The summed E-state index contributed by atoms with van der Waals surface area (Å²) < 4.78 is 32.5. The van der Waals surface area contributed by atoms with E-state index in [0.717, 1.165) is 23.4 Å². The van der Waals surface area contributed by atoms with E-state index in [9.17, 15) is 13.2 Å². The number of nitrogen functional groups attached to an aromatic ring is 1. The van der Waals surface area contributed by atoms with Crippen LogP contribution in [0.2, 0.25) is 0 Å². The molecular weight excluding hydrogens is 402 g/mol. The largest absolute Gasteiger partial charge is 0.453 e. The number of hydrogen-bond donors (Lipinski definition) is 2. The maximum absolute atomic E-state index is 13.1. The third-order valence-electron chi connectivity index (χ3n) is 4.56. The average Bonchev–Trinajstić information content (AvgIpc) is 3.18. The van der Waals surface area contributed by atoms with E-state index >= 15 is 0 Å². The number of amides is 1. The molecule has 1 atom stereocenters. The van der Waals surface area contributed by atoms with Gasteiger partial charge in [0, 0.05) is 36.6 Å². The fourth-order valence-electron chi connectivity index (χ4n) is 3.14. The van der Waals surface area contributed by atoms with Crippen LogP contribution in [0.3, 0.4) is 0 Å². The summed E-state index contributed by atoms with van der Waals surface area (Å²) in [5.41, 5.74) is 6.43. The molecule has 1 saturated heterocycles. The van der Waals surface area contributed by atoms with E-state index in [4.69, 9.17) is 5.73 Å². The van der Waals surface area contributed by atoms with Gasteiger partial charge in [-0.1, -0.05) is 0 Å². The summed E-state index contributed by atoms with van der Waals surface area (Å²) in [6.07, 6.45) is 3.25. The first kappa shape index (κ1) is 20.5. The Morgan fingerprint density at radius 3 is 3.00 bits per heavy atom. The van der Waals surface area contributed by atoms with Gasteiger partial charge in [-0.25, -0.2) is 23.2 Å². The van der Waals surface area contributed by atoms with Crippen LogP contribution in [0.15, 0.2) is 28.6 Å². The lowest BCUT2D eigenvalue weighted by atomic mass is 9.96.